The van der Waals surface area contributed by atoms with Gasteiger partial charge in [0.05, 0.1) is 0 Å². The van der Waals surface area contributed by atoms with Gasteiger partial charge in [-0.15, -0.1) is 0 Å². The Morgan fingerprint density at radius 2 is 2.12 bits per heavy atom. The first-order valence-corrected chi connectivity index (χ1v) is 6.28. The van der Waals surface area contributed by atoms with Crippen LogP contribution in [0.5, 0.6) is 0 Å². The number of carbonyl (C=O) groups is 2. The van der Waals surface area contributed by atoms with E-state index in [-0.39, 0.29) is 11.8 Å². The average molecular weight is 226 g/mol. The van der Waals surface area contributed by atoms with Gasteiger partial charge in [0.1, 0.15) is 0 Å². The Morgan fingerprint density at radius 1 is 1.31 bits per heavy atom. The zero-order valence-corrected chi connectivity index (χ0v) is 10.1. The number of unbranched alkanes of at least 4 members (excludes halogenated alkanes) is 3. The molecule has 1 fully saturated rings. The molecule has 1 rings (SSSR count). The molecule has 0 aromatic heterocycles. The van der Waals surface area contributed by atoms with Crippen LogP contribution in [0.15, 0.2) is 0 Å². The first-order valence-electron chi connectivity index (χ1n) is 6.28. The van der Waals surface area contributed by atoms with Crippen molar-refractivity contribution in [1.82, 2.24) is 10.2 Å². The number of nitrogens with one attached hydrogen (secondary N) is 1. The minimum atomic E-state index is 0.0567. The summed E-state index contributed by atoms with van der Waals surface area (Å²) in [6.45, 7) is 4.00. The molecule has 4 heteroatoms. The monoisotopic (exact) mass is 226 g/mol. The van der Waals surface area contributed by atoms with Crippen molar-refractivity contribution in [2.75, 3.05) is 19.6 Å². The summed E-state index contributed by atoms with van der Waals surface area (Å²) in [4.78, 5) is 24.7. The molecule has 0 saturated carbocycles. The Hall–Kier alpha value is -1.06. The Labute approximate surface area is 97.4 Å². The van der Waals surface area contributed by atoms with Crippen LogP contribution in [0, 0.1) is 0 Å². The Kier molecular flexibility index (Phi) is 5.90. The molecule has 92 valence electrons. The molecule has 0 atom stereocenters. The molecule has 0 aromatic carbocycles. The zero-order chi connectivity index (χ0) is 11.8. The predicted octanol–water partition coefficient (Wildman–Crippen LogP) is 1.31. The highest BCUT2D eigenvalue weighted by Gasteiger charge is 2.17. The third kappa shape index (κ3) is 4.64. The van der Waals surface area contributed by atoms with E-state index in [1.807, 2.05) is 4.90 Å². The fourth-order valence-corrected chi connectivity index (χ4v) is 1.88. The number of hydrogen-bond donors (Lipinski definition) is 1. The summed E-state index contributed by atoms with van der Waals surface area (Å²) in [7, 11) is 0. The van der Waals surface area contributed by atoms with Gasteiger partial charge in [0.25, 0.3) is 0 Å². The topological polar surface area (TPSA) is 49.4 Å². The largest absolute Gasteiger partial charge is 0.354 e. The molecule has 1 aliphatic rings. The zero-order valence-electron chi connectivity index (χ0n) is 10.1. The van der Waals surface area contributed by atoms with Crippen molar-refractivity contribution in [3.63, 3.8) is 0 Å². The first-order chi connectivity index (χ1) is 7.74. The van der Waals surface area contributed by atoms with Crippen molar-refractivity contribution >= 4 is 11.8 Å². The van der Waals surface area contributed by atoms with Gasteiger partial charge in [0.15, 0.2) is 0 Å². The highest BCUT2D eigenvalue weighted by molar-refractivity contribution is 5.80. The van der Waals surface area contributed by atoms with E-state index in [2.05, 4.69) is 12.2 Å². The van der Waals surface area contributed by atoms with Crippen LogP contribution in [0.2, 0.25) is 0 Å². The Bertz CT molecular complexity index is 241. The number of carbonyl (C=O) groups excluding carboxylic acids is 2. The van der Waals surface area contributed by atoms with Crippen molar-refractivity contribution in [1.29, 1.82) is 0 Å². The molecular weight excluding hydrogens is 204 g/mol. The van der Waals surface area contributed by atoms with E-state index in [1.165, 1.54) is 12.8 Å². The van der Waals surface area contributed by atoms with Crippen LogP contribution in [0.1, 0.15) is 45.4 Å². The highest BCUT2D eigenvalue weighted by Crippen LogP contribution is 2.06. The molecule has 16 heavy (non-hydrogen) atoms. The van der Waals surface area contributed by atoms with Gasteiger partial charge in [0.2, 0.25) is 11.8 Å². The summed E-state index contributed by atoms with van der Waals surface area (Å²) >= 11 is 0. The summed E-state index contributed by atoms with van der Waals surface area (Å²) in [5, 5.41) is 2.77. The number of nitrogens with zero attached hydrogens (tertiary/aromatic N) is 1. The molecular formula is C12H22N2O2. The number of rotatable bonds is 5. The van der Waals surface area contributed by atoms with Crippen molar-refractivity contribution in [3.8, 4) is 0 Å². The van der Waals surface area contributed by atoms with E-state index in [4.69, 9.17) is 0 Å². The molecule has 0 aromatic rings. The second kappa shape index (κ2) is 7.25. The molecule has 0 aliphatic carbocycles. The lowest BCUT2D eigenvalue weighted by Gasteiger charge is -2.19. The second-order valence-electron chi connectivity index (χ2n) is 4.29. The van der Waals surface area contributed by atoms with Crippen molar-refractivity contribution in [3.05, 3.63) is 0 Å². The average Bonchev–Trinajstić information content (AvgIpc) is 2.49. The van der Waals surface area contributed by atoms with E-state index in [9.17, 15) is 9.59 Å². The fraction of sp³-hybridized carbons (Fsp3) is 0.833. The Balaban J connectivity index is 2.22. The van der Waals surface area contributed by atoms with Gasteiger partial charge >= 0.3 is 0 Å². The van der Waals surface area contributed by atoms with Crippen LogP contribution in [-0.2, 0) is 9.59 Å². The van der Waals surface area contributed by atoms with Gasteiger partial charge in [0, 0.05) is 32.5 Å². The van der Waals surface area contributed by atoms with E-state index in [0.29, 0.717) is 32.5 Å². The van der Waals surface area contributed by atoms with E-state index in [0.717, 1.165) is 12.8 Å². The fourth-order valence-electron chi connectivity index (χ4n) is 1.88. The van der Waals surface area contributed by atoms with Crippen molar-refractivity contribution in [2.24, 2.45) is 0 Å². The smallest absolute Gasteiger partial charge is 0.222 e. The molecule has 0 radical (unpaired) electrons. The molecule has 2 amide bonds. The summed E-state index contributed by atoms with van der Waals surface area (Å²) in [6, 6.07) is 0. The minimum Gasteiger partial charge on any atom is -0.354 e. The van der Waals surface area contributed by atoms with Gasteiger partial charge < -0.3 is 10.2 Å². The molecule has 0 unspecified atom stereocenters. The normalized spacial score (nSPS) is 16.8. The molecule has 0 spiro atoms. The lowest BCUT2D eigenvalue weighted by Crippen LogP contribution is -2.34. The van der Waals surface area contributed by atoms with Crippen molar-refractivity contribution in [2.45, 2.75) is 45.4 Å². The SMILES string of the molecule is CCCCCCC(=O)N1CCNC(=O)CC1. The molecule has 1 heterocycles. The van der Waals surface area contributed by atoms with Crippen LogP contribution in [-0.4, -0.2) is 36.3 Å². The molecule has 1 saturated heterocycles. The lowest BCUT2D eigenvalue weighted by molar-refractivity contribution is -0.131. The van der Waals surface area contributed by atoms with Crippen LogP contribution >= 0.6 is 0 Å². The quantitative estimate of drug-likeness (QED) is 0.718. The second-order valence-corrected chi connectivity index (χ2v) is 4.29. The van der Waals surface area contributed by atoms with Crippen LogP contribution < -0.4 is 5.32 Å². The van der Waals surface area contributed by atoms with Crippen LogP contribution in [0.4, 0.5) is 0 Å². The summed E-state index contributed by atoms with van der Waals surface area (Å²) < 4.78 is 0. The number of hydrogen-bond acceptors (Lipinski definition) is 2. The molecule has 4 nitrogen and oxygen atoms in total. The van der Waals surface area contributed by atoms with Gasteiger partial charge in [-0.25, -0.2) is 0 Å². The van der Waals surface area contributed by atoms with Gasteiger partial charge in [-0.1, -0.05) is 26.2 Å². The van der Waals surface area contributed by atoms with Gasteiger partial charge in [-0.2, -0.15) is 0 Å². The Morgan fingerprint density at radius 3 is 2.88 bits per heavy atom. The lowest BCUT2D eigenvalue weighted by atomic mass is 10.1. The molecule has 1 aliphatic heterocycles. The maximum Gasteiger partial charge on any atom is 0.222 e. The standard InChI is InChI=1S/C12H22N2O2/c1-2-3-4-5-6-12(16)14-9-7-11(15)13-8-10-14/h2-10H2,1H3,(H,13,15). The number of amides is 2. The third-order valence-electron chi connectivity index (χ3n) is 2.91. The van der Waals surface area contributed by atoms with E-state index in [1.54, 1.807) is 0 Å². The maximum atomic E-state index is 11.8. The van der Waals surface area contributed by atoms with E-state index >= 15 is 0 Å². The van der Waals surface area contributed by atoms with Gasteiger partial charge in [-0.05, 0) is 6.42 Å². The van der Waals surface area contributed by atoms with Crippen LogP contribution in [0.3, 0.4) is 0 Å². The maximum absolute atomic E-state index is 11.8. The van der Waals surface area contributed by atoms with Gasteiger partial charge in [-0.3, -0.25) is 9.59 Å². The molecule has 1 N–H and O–H groups in total. The third-order valence-corrected chi connectivity index (χ3v) is 2.91. The van der Waals surface area contributed by atoms with Crippen LogP contribution in [0.25, 0.3) is 0 Å². The highest BCUT2D eigenvalue weighted by atomic mass is 16.2. The predicted molar refractivity (Wildman–Crippen MR) is 63.0 cm³/mol. The van der Waals surface area contributed by atoms with E-state index < -0.39 is 0 Å². The van der Waals surface area contributed by atoms with Crippen molar-refractivity contribution < 1.29 is 9.59 Å². The first kappa shape index (κ1) is 13.0. The minimum absolute atomic E-state index is 0.0567. The molecule has 0 bridgehead atoms. The summed E-state index contributed by atoms with van der Waals surface area (Å²) in [5.74, 6) is 0.258. The summed E-state index contributed by atoms with van der Waals surface area (Å²) in [6.07, 6.45) is 5.58. The summed E-state index contributed by atoms with van der Waals surface area (Å²) in [5.41, 5.74) is 0.